The van der Waals surface area contributed by atoms with Crippen molar-refractivity contribution in [1.29, 1.82) is 0 Å². The molecule has 0 rings (SSSR count). The van der Waals surface area contributed by atoms with E-state index in [-0.39, 0.29) is 17.0 Å². The Balaban J connectivity index is 0. The van der Waals surface area contributed by atoms with Crippen LogP contribution in [0.3, 0.4) is 0 Å². The van der Waals surface area contributed by atoms with E-state index >= 15 is 0 Å². The van der Waals surface area contributed by atoms with Crippen LogP contribution in [0.4, 0.5) is 0 Å². The zero-order chi connectivity index (χ0) is 2.71. The predicted octanol–water partition coefficient (Wildman–Crippen LogP) is 0.876. The van der Waals surface area contributed by atoms with Crippen LogP contribution in [0.5, 0.6) is 0 Å². The molecule has 0 aromatic carbocycles. The van der Waals surface area contributed by atoms with E-state index in [1.54, 1.807) is 4.75 Å². The van der Waals surface area contributed by atoms with Crippen molar-refractivity contribution >= 4 is 34.7 Å². The standard InChI is InChI=1S/C2H3.BrH.Li/c1-2;;/h1H,2H2;1H;. The van der Waals surface area contributed by atoms with Gasteiger partial charge in [0.25, 0.3) is 0 Å². The maximum atomic E-state index is 3.36. The third-order valence-corrected chi connectivity index (χ3v) is 0. The minimum absolute atomic E-state index is 0. The van der Waals surface area contributed by atoms with Crippen LogP contribution >= 0.6 is 17.0 Å². The van der Waals surface area contributed by atoms with Gasteiger partial charge in [-0.15, -0.1) is 17.0 Å². The zero-order valence-electron chi connectivity index (χ0n) is 2.69. The molecule has 0 bridgehead atoms. The molecule has 0 atom stereocenters. The van der Waals surface area contributed by atoms with E-state index in [0.29, 0.717) is 0 Å². The molecule has 0 spiro atoms. The normalized spacial score (nSPS) is 3.50. The first-order chi connectivity index (χ1) is 1.41. The van der Waals surface area contributed by atoms with Gasteiger partial charge in [0.15, 0.2) is 0 Å². The Bertz CT molecular complexity index is 13.5. The molecule has 0 unspecified atom stereocenters. The summed E-state index contributed by atoms with van der Waals surface area (Å²) >= 11 is 1.89. The summed E-state index contributed by atoms with van der Waals surface area (Å²) in [6.07, 6.45) is 0. The van der Waals surface area contributed by atoms with Crippen LogP contribution in [0.25, 0.3) is 0 Å². The van der Waals surface area contributed by atoms with Crippen LogP contribution in [0.1, 0.15) is 0 Å². The Hall–Kier alpha value is 0.817. The van der Waals surface area contributed by atoms with Crippen molar-refractivity contribution in [2.75, 3.05) is 0 Å². The minimum atomic E-state index is 0. The fourth-order valence-electron chi connectivity index (χ4n) is 0. The molecule has 0 N–H and O–H groups in total. The Morgan fingerprint density at radius 1 is 1.75 bits per heavy atom. The number of halogens is 1. The number of hydrogen-bond donors (Lipinski definition) is 0. The first kappa shape index (κ1) is 8.84. The van der Waals surface area contributed by atoms with E-state index in [9.17, 15) is 0 Å². The first-order valence-corrected chi connectivity index (χ1v) is 0.986. The topological polar surface area (TPSA) is 0 Å². The summed E-state index contributed by atoms with van der Waals surface area (Å²) in [4.78, 5) is 0. The molecule has 0 aromatic heterocycles. The van der Waals surface area contributed by atoms with Crippen molar-refractivity contribution in [3.8, 4) is 0 Å². The van der Waals surface area contributed by atoms with Gasteiger partial charge in [-0.2, -0.15) is 0 Å². The molecule has 0 aliphatic carbocycles. The van der Waals surface area contributed by atoms with Gasteiger partial charge in [0, 0.05) is 0 Å². The van der Waals surface area contributed by atoms with Crippen molar-refractivity contribution in [2.45, 2.75) is 0 Å². The van der Waals surface area contributed by atoms with Crippen LogP contribution < -0.4 is 0 Å². The molecule has 0 nitrogen and oxygen atoms in total. The fraction of sp³-hybridized carbons (Fsp3) is 0. The molecule has 0 aliphatic heterocycles. The van der Waals surface area contributed by atoms with Crippen molar-refractivity contribution < 1.29 is 0 Å². The van der Waals surface area contributed by atoms with E-state index in [2.05, 4.69) is 6.58 Å². The van der Waals surface area contributed by atoms with Crippen LogP contribution in [0.2, 0.25) is 0 Å². The molecule has 0 fully saturated rings. The SMILES string of the molecule is Br.[Li][CH]=C. The van der Waals surface area contributed by atoms with Gasteiger partial charge in [-0.3, -0.25) is 0 Å². The summed E-state index contributed by atoms with van der Waals surface area (Å²) in [5, 5.41) is 0. The second-order valence-corrected chi connectivity index (χ2v) is 0.408. The summed E-state index contributed by atoms with van der Waals surface area (Å²) in [5.74, 6) is 0. The average Bonchev–Trinajstić information content (AvgIpc) is 0.918. The number of hydrogen-bond acceptors (Lipinski definition) is 0. The predicted molar refractivity (Wildman–Crippen MR) is 26.3 cm³/mol. The second kappa shape index (κ2) is 9.17. The summed E-state index contributed by atoms with van der Waals surface area (Å²) in [7, 11) is 0. The van der Waals surface area contributed by atoms with E-state index in [1.165, 1.54) is 0 Å². The fourth-order valence-corrected chi connectivity index (χ4v) is 0. The number of rotatable bonds is 0. The molecule has 0 aliphatic rings. The van der Waals surface area contributed by atoms with Gasteiger partial charge in [0.2, 0.25) is 0 Å². The molecule has 0 saturated carbocycles. The monoisotopic (exact) mass is 114 g/mol. The van der Waals surface area contributed by atoms with Gasteiger partial charge in [-0.1, -0.05) is 0 Å². The Labute approximate surface area is 46.2 Å². The van der Waals surface area contributed by atoms with E-state index in [0.717, 1.165) is 0 Å². The van der Waals surface area contributed by atoms with Gasteiger partial charge in [0.1, 0.15) is 0 Å². The summed E-state index contributed by atoms with van der Waals surface area (Å²) in [6.45, 7) is 3.36. The van der Waals surface area contributed by atoms with Crippen molar-refractivity contribution in [3.63, 3.8) is 0 Å². The van der Waals surface area contributed by atoms with Crippen LogP contribution in [0.15, 0.2) is 11.3 Å². The summed E-state index contributed by atoms with van der Waals surface area (Å²) < 4.78 is 1.75. The molecule has 0 saturated heterocycles. The van der Waals surface area contributed by atoms with E-state index in [1.807, 2.05) is 17.7 Å². The molecule has 0 aromatic rings. The van der Waals surface area contributed by atoms with E-state index < -0.39 is 0 Å². The molecule has 0 heterocycles. The van der Waals surface area contributed by atoms with Gasteiger partial charge < -0.3 is 0 Å². The first-order valence-electron chi connectivity index (χ1n) is 0.986. The van der Waals surface area contributed by atoms with Crippen molar-refractivity contribution in [2.24, 2.45) is 0 Å². The van der Waals surface area contributed by atoms with Gasteiger partial charge in [0.05, 0.1) is 0 Å². The van der Waals surface area contributed by atoms with Crippen LogP contribution in [-0.2, 0) is 0 Å². The van der Waals surface area contributed by atoms with Gasteiger partial charge in [-0.05, 0) is 0 Å². The van der Waals surface area contributed by atoms with Crippen molar-refractivity contribution in [1.82, 2.24) is 0 Å². The maximum absolute atomic E-state index is 3.36. The molecule has 2 heteroatoms. The Kier molecular flexibility index (Phi) is 20.3. The van der Waals surface area contributed by atoms with Crippen LogP contribution in [0, 0.1) is 0 Å². The summed E-state index contributed by atoms with van der Waals surface area (Å²) in [5.41, 5.74) is 0. The third-order valence-electron chi connectivity index (χ3n) is 0. The third kappa shape index (κ3) is 13.9. The second-order valence-electron chi connectivity index (χ2n) is 0.408. The quantitative estimate of drug-likeness (QED) is 0.411. The Morgan fingerprint density at radius 3 is 1.75 bits per heavy atom. The molecule has 20 valence electrons. The van der Waals surface area contributed by atoms with Crippen LogP contribution in [-0.4, -0.2) is 17.7 Å². The van der Waals surface area contributed by atoms with E-state index in [4.69, 9.17) is 0 Å². The molecule has 0 radical (unpaired) electrons. The average molecular weight is 115 g/mol. The molecule has 4 heavy (non-hydrogen) atoms. The van der Waals surface area contributed by atoms with Gasteiger partial charge >= 0.3 is 29.0 Å². The zero-order valence-corrected chi connectivity index (χ0v) is 4.41. The summed E-state index contributed by atoms with van der Waals surface area (Å²) in [6, 6.07) is 0. The molecular weight excluding hydrogens is 111 g/mol. The Morgan fingerprint density at radius 2 is 1.75 bits per heavy atom. The molecule has 0 amide bonds. The molecular formula is C2H4BrLi. The van der Waals surface area contributed by atoms with Crippen molar-refractivity contribution in [3.05, 3.63) is 11.3 Å². The van der Waals surface area contributed by atoms with Gasteiger partial charge in [-0.25, -0.2) is 0 Å².